The largest absolute Gasteiger partial charge is 0.396 e. The van der Waals surface area contributed by atoms with E-state index in [0.29, 0.717) is 17.4 Å². The quantitative estimate of drug-likeness (QED) is 0.777. The van der Waals surface area contributed by atoms with Crippen molar-refractivity contribution in [3.8, 4) is 0 Å². The van der Waals surface area contributed by atoms with Gasteiger partial charge in [0, 0.05) is 18.0 Å². The first kappa shape index (κ1) is 13.9. The van der Waals surface area contributed by atoms with E-state index in [-0.39, 0.29) is 11.4 Å². The van der Waals surface area contributed by atoms with Crippen LogP contribution in [0.4, 0.5) is 10.1 Å². The van der Waals surface area contributed by atoms with E-state index in [1.165, 1.54) is 18.2 Å². The van der Waals surface area contributed by atoms with Crippen LogP contribution in [0.1, 0.15) is 16.1 Å². The van der Waals surface area contributed by atoms with Crippen LogP contribution in [0.3, 0.4) is 0 Å². The lowest BCUT2D eigenvalue weighted by molar-refractivity contribution is 0.0946. The normalized spacial score (nSPS) is 10.6. The van der Waals surface area contributed by atoms with E-state index in [1.54, 1.807) is 0 Å². The maximum absolute atomic E-state index is 13.1. The van der Waals surface area contributed by atoms with Gasteiger partial charge >= 0.3 is 0 Å². The summed E-state index contributed by atoms with van der Waals surface area (Å²) >= 11 is 0. The van der Waals surface area contributed by atoms with Crippen LogP contribution < -0.4 is 11.1 Å². The zero-order valence-electron chi connectivity index (χ0n) is 11.6. The number of nitrogens with one attached hydrogen (secondary N) is 1. The molecule has 0 spiro atoms. The Bertz CT molecular complexity index is 836. The van der Waals surface area contributed by atoms with E-state index in [0.717, 1.165) is 5.56 Å². The predicted molar refractivity (Wildman–Crippen MR) is 81.5 cm³/mol. The zero-order valence-corrected chi connectivity index (χ0v) is 11.6. The minimum atomic E-state index is -0.428. The molecule has 110 valence electrons. The number of amides is 1. The molecule has 0 saturated carbocycles. The van der Waals surface area contributed by atoms with Gasteiger partial charge in [0.25, 0.3) is 5.91 Å². The molecule has 0 radical (unpaired) electrons. The lowest BCUT2D eigenvalue weighted by Gasteiger charge is -2.08. The molecule has 3 N–H and O–H groups in total. The number of fused-ring (bicyclic) bond motifs is 1. The van der Waals surface area contributed by atoms with Gasteiger partial charge in [-0.05, 0) is 17.7 Å². The summed E-state index contributed by atoms with van der Waals surface area (Å²) in [5.74, 6) is -0.845. The van der Waals surface area contributed by atoms with Gasteiger partial charge in [-0.15, -0.1) is 10.2 Å². The number of hydrogen-bond donors (Lipinski definition) is 2. The van der Waals surface area contributed by atoms with E-state index in [2.05, 4.69) is 15.5 Å². The highest BCUT2D eigenvalue weighted by molar-refractivity contribution is 6.04. The summed E-state index contributed by atoms with van der Waals surface area (Å²) < 4.78 is 13.1. The van der Waals surface area contributed by atoms with Crippen molar-refractivity contribution in [3.63, 3.8) is 0 Å². The number of anilines is 1. The molecule has 6 heteroatoms. The fourth-order valence-corrected chi connectivity index (χ4v) is 2.13. The second-order valence-corrected chi connectivity index (χ2v) is 4.79. The van der Waals surface area contributed by atoms with Crippen LogP contribution in [-0.2, 0) is 6.54 Å². The molecule has 0 fully saturated rings. The fraction of sp³-hybridized carbons (Fsp3) is 0.0625. The maximum Gasteiger partial charge on any atom is 0.274 e. The van der Waals surface area contributed by atoms with Crippen LogP contribution in [0, 0.1) is 5.82 Å². The Morgan fingerprint density at radius 3 is 2.68 bits per heavy atom. The van der Waals surface area contributed by atoms with Gasteiger partial charge in [-0.2, -0.15) is 0 Å². The number of aromatic nitrogens is 2. The monoisotopic (exact) mass is 296 g/mol. The average molecular weight is 296 g/mol. The fourth-order valence-electron chi connectivity index (χ4n) is 2.13. The van der Waals surface area contributed by atoms with Crippen molar-refractivity contribution in [2.45, 2.75) is 6.54 Å². The number of halogens is 1. The van der Waals surface area contributed by atoms with Crippen LogP contribution in [0.5, 0.6) is 0 Å². The van der Waals surface area contributed by atoms with Gasteiger partial charge in [0.2, 0.25) is 0 Å². The van der Waals surface area contributed by atoms with Crippen molar-refractivity contribution < 1.29 is 9.18 Å². The molecule has 1 aromatic heterocycles. The number of carbonyl (C=O) groups is 1. The highest BCUT2D eigenvalue weighted by atomic mass is 19.1. The van der Waals surface area contributed by atoms with Crippen LogP contribution in [0.2, 0.25) is 0 Å². The predicted octanol–water partition coefficient (Wildman–Crippen LogP) is 2.28. The third kappa shape index (κ3) is 2.71. The lowest BCUT2D eigenvalue weighted by Crippen LogP contribution is -2.25. The number of benzene rings is 2. The van der Waals surface area contributed by atoms with Crippen LogP contribution >= 0.6 is 0 Å². The molecule has 0 bridgehead atoms. The SMILES string of the molecule is Nc1c(C(=O)NCc2ccccc2)nnc2cc(F)ccc12. The van der Waals surface area contributed by atoms with E-state index in [9.17, 15) is 9.18 Å². The molecule has 0 saturated heterocycles. The third-order valence-corrected chi connectivity index (χ3v) is 3.27. The molecule has 1 amide bonds. The standard InChI is InChI=1S/C16H13FN4O/c17-11-6-7-12-13(8-11)20-21-15(14(12)18)16(22)19-9-10-4-2-1-3-5-10/h1-8H,9H2,(H2,18,20)(H,19,22). The summed E-state index contributed by atoms with van der Waals surface area (Å²) in [7, 11) is 0. The number of hydrogen-bond acceptors (Lipinski definition) is 4. The molecule has 22 heavy (non-hydrogen) atoms. The number of nitrogens with two attached hydrogens (primary N) is 1. The van der Waals surface area contributed by atoms with Crippen molar-refractivity contribution in [1.82, 2.24) is 15.5 Å². The summed E-state index contributed by atoms with van der Waals surface area (Å²) in [5.41, 5.74) is 7.46. The van der Waals surface area contributed by atoms with Gasteiger partial charge < -0.3 is 11.1 Å². The van der Waals surface area contributed by atoms with E-state index in [1.807, 2.05) is 30.3 Å². The third-order valence-electron chi connectivity index (χ3n) is 3.27. The first-order valence-electron chi connectivity index (χ1n) is 6.68. The molecule has 1 heterocycles. The van der Waals surface area contributed by atoms with Crippen molar-refractivity contribution in [1.29, 1.82) is 0 Å². The van der Waals surface area contributed by atoms with Crippen molar-refractivity contribution >= 4 is 22.5 Å². The maximum atomic E-state index is 13.1. The molecule has 0 aliphatic carbocycles. The summed E-state index contributed by atoms with van der Waals surface area (Å²) in [6.07, 6.45) is 0. The van der Waals surface area contributed by atoms with Gasteiger partial charge in [-0.25, -0.2) is 4.39 Å². The molecule has 0 atom stereocenters. The van der Waals surface area contributed by atoms with Gasteiger partial charge in [0.15, 0.2) is 5.69 Å². The van der Waals surface area contributed by atoms with Crippen LogP contribution in [0.25, 0.3) is 10.9 Å². The van der Waals surface area contributed by atoms with E-state index in [4.69, 9.17) is 5.73 Å². The first-order valence-corrected chi connectivity index (χ1v) is 6.68. The molecular weight excluding hydrogens is 283 g/mol. The number of carbonyl (C=O) groups excluding carboxylic acids is 1. The lowest BCUT2D eigenvalue weighted by atomic mass is 10.1. The smallest absolute Gasteiger partial charge is 0.274 e. The second-order valence-electron chi connectivity index (χ2n) is 4.79. The van der Waals surface area contributed by atoms with Crippen molar-refractivity contribution in [2.24, 2.45) is 0 Å². The first-order chi connectivity index (χ1) is 10.6. The Kier molecular flexibility index (Phi) is 3.65. The minimum Gasteiger partial charge on any atom is -0.396 e. The molecule has 0 aliphatic rings. The molecule has 0 aliphatic heterocycles. The van der Waals surface area contributed by atoms with Gasteiger partial charge in [-0.1, -0.05) is 30.3 Å². The van der Waals surface area contributed by atoms with E-state index >= 15 is 0 Å². The summed E-state index contributed by atoms with van der Waals surface area (Å²) in [6, 6.07) is 13.5. The number of nitrogens with zero attached hydrogens (tertiary/aromatic N) is 2. The number of rotatable bonds is 3. The second kappa shape index (κ2) is 5.77. The summed E-state index contributed by atoms with van der Waals surface area (Å²) in [5, 5.41) is 10.9. The summed E-state index contributed by atoms with van der Waals surface area (Å²) in [4.78, 5) is 12.2. The zero-order chi connectivity index (χ0) is 15.5. The van der Waals surface area contributed by atoms with Crippen molar-refractivity contribution in [3.05, 3.63) is 65.6 Å². The minimum absolute atomic E-state index is 0.0371. The molecule has 3 rings (SSSR count). The van der Waals surface area contributed by atoms with Crippen molar-refractivity contribution in [2.75, 3.05) is 5.73 Å². The molecule has 3 aromatic rings. The Labute approximate surface area is 126 Å². The Morgan fingerprint density at radius 2 is 1.91 bits per heavy atom. The highest BCUT2D eigenvalue weighted by Gasteiger charge is 2.15. The Morgan fingerprint density at radius 1 is 1.14 bits per heavy atom. The average Bonchev–Trinajstić information content (AvgIpc) is 2.54. The van der Waals surface area contributed by atoms with Crippen LogP contribution in [-0.4, -0.2) is 16.1 Å². The summed E-state index contributed by atoms with van der Waals surface area (Å²) in [6.45, 7) is 0.363. The topological polar surface area (TPSA) is 80.9 Å². The molecule has 2 aromatic carbocycles. The van der Waals surface area contributed by atoms with Gasteiger partial charge in [0.05, 0.1) is 11.2 Å². The van der Waals surface area contributed by atoms with Gasteiger partial charge in [-0.3, -0.25) is 4.79 Å². The number of nitrogen functional groups attached to an aromatic ring is 1. The van der Waals surface area contributed by atoms with E-state index < -0.39 is 11.7 Å². The Hall–Kier alpha value is -3.02. The molecular formula is C16H13FN4O. The molecule has 5 nitrogen and oxygen atoms in total. The van der Waals surface area contributed by atoms with Crippen LogP contribution in [0.15, 0.2) is 48.5 Å². The molecule has 0 unspecified atom stereocenters. The Balaban J connectivity index is 1.85. The highest BCUT2D eigenvalue weighted by Crippen LogP contribution is 2.21. The van der Waals surface area contributed by atoms with Gasteiger partial charge in [0.1, 0.15) is 5.82 Å².